The minimum atomic E-state index is -3.77. The number of hydrogen-bond donors (Lipinski definition) is 0. The van der Waals surface area contributed by atoms with Crippen LogP contribution in [0.25, 0.3) is 11.7 Å². The molecule has 2 aliphatic rings. The highest BCUT2D eigenvalue weighted by molar-refractivity contribution is 7.89. The quantitative estimate of drug-likeness (QED) is 0.629. The molecule has 1 saturated carbocycles. The molecule has 2 fully saturated rings. The smallest absolute Gasteiger partial charge is 0.283 e. The summed E-state index contributed by atoms with van der Waals surface area (Å²) in [7, 11) is -3.77. The van der Waals surface area contributed by atoms with Crippen molar-refractivity contribution in [1.29, 1.82) is 0 Å². The van der Waals surface area contributed by atoms with Crippen molar-refractivity contribution in [1.82, 2.24) is 14.5 Å². The van der Waals surface area contributed by atoms with E-state index in [2.05, 4.69) is 10.2 Å². The highest BCUT2D eigenvalue weighted by atomic mass is 32.2. The number of rotatable bonds is 5. The van der Waals surface area contributed by atoms with Crippen molar-refractivity contribution in [2.75, 3.05) is 31.1 Å². The van der Waals surface area contributed by atoms with Gasteiger partial charge in [-0.2, -0.15) is 4.31 Å². The van der Waals surface area contributed by atoms with Gasteiger partial charge in [-0.15, -0.1) is 10.2 Å². The van der Waals surface area contributed by atoms with Gasteiger partial charge in [-0.3, -0.25) is 0 Å². The molecule has 2 aromatic heterocycles. The fourth-order valence-electron chi connectivity index (χ4n) is 3.37. The van der Waals surface area contributed by atoms with Gasteiger partial charge in [-0.25, -0.2) is 12.8 Å². The van der Waals surface area contributed by atoms with E-state index < -0.39 is 10.0 Å². The number of furan rings is 1. The second kappa shape index (κ2) is 6.96. The van der Waals surface area contributed by atoms with E-state index in [-0.39, 0.29) is 22.6 Å². The monoisotopic (exact) mass is 418 g/mol. The van der Waals surface area contributed by atoms with E-state index in [0.29, 0.717) is 38.0 Å². The molecule has 0 atom stereocenters. The van der Waals surface area contributed by atoms with Crippen molar-refractivity contribution < 1.29 is 21.6 Å². The van der Waals surface area contributed by atoms with Crippen LogP contribution in [-0.4, -0.2) is 49.1 Å². The van der Waals surface area contributed by atoms with Crippen LogP contribution in [0.2, 0.25) is 0 Å². The molecule has 1 aromatic carbocycles. The summed E-state index contributed by atoms with van der Waals surface area (Å²) >= 11 is 0. The van der Waals surface area contributed by atoms with Gasteiger partial charge in [0.05, 0.1) is 0 Å². The first-order valence-corrected chi connectivity index (χ1v) is 10.9. The SMILES string of the molecule is O=S(=O)(c1ccc(-c2nnc(C3CC3)o2)o1)N1CCN(c2ccc(F)cc2)CC1. The molecule has 152 valence electrons. The summed E-state index contributed by atoms with van der Waals surface area (Å²) in [6.07, 6.45) is 2.06. The summed E-state index contributed by atoms with van der Waals surface area (Å²) in [6.45, 7) is 1.63. The van der Waals surface area contributed by atoms with E-state index in [4.69, 9.17) is 8.83 Å². The first kappa shape index (κ1) is 18.3. The molecular formula is C19H19FN4O4S. The number of benzene rings is 1. The van der Waals surface area contributed by atoms with Crippen LogP contribution in [0.3, 0.4) is 0 Å². The molecule has 29 heavy (non-hydrogen) atoms. The fraction of sp³-hybridized carbons (Fsp3) is 0.368. The van der Waals surface area contributed by atoms with Crippen LogP contribution in [0.4, 0.5) is 10.1 Å². The lowest BCUT2D eigenvalue weighted by Gasteiger charge is -2.34. The topological polar surface area (TPSA) is 92.7 Å². The molecule has 8 nitrogen and oxygen atoms in total. The van der Waals surface area contributed by atoms with Crippen LogP contribution in [0.5, 0.6) is 0 Å². The van der Waals surface area contributed by atoms with Gasteiger partial charge >= 0.3 is 0 Å². The summed E-state index contributed by atoms with van der Waals surface area (Å²) in [4.78, 5) is 2.02. The van der Waals surface area contributed by atoms with Gasteiger partial charge in [0, 0.05) is 37.8 Å². The van der Waals surface area contributed by atoms with E-state index in [1.165, 1.54) is 28.6 Å². The Bertz CT molecular complexity index is 1110. The second-order valence-corrected chi connectivity index (χ2v) is 9.07. The lowest BCUT2D eigenvalue weighted by molar-refractivity contribution is 0.361. The molecule has 0 spiro atoms. The van der Waals surface area contributed by atoms with Crippen molar-refractivity contribution in [2.24, 2.45) is 0 Å². The average molecular weight is 418 g/mol. The Balaban J connectivity index is 1.28. The predicted octanol–water partition coefficient (Wildman–Crippen LogP) is 2.86. The van der Waals surface area contributed by atoms with Gasteiger partial charge < -0.3 is 13.7 Å². The molecule has 1 aliphatic heterocycles. The maximum absolute atomic E-state index is 13.1. The largest absolute Gasteiger partial charge is 0.438 e. The van der Waals surface area contributed by atoms with Crippen molar-refractivity contribution >= 4 is 15.7 Å². The standard InChI is InChI=1S/C19H19FN4O4S/c20-14-3-5-15(6-4-14)23-9-11-24(12-10-23)29(25,26)17-8-7-16(27-17)19-22-21-18(28-19)13-1-2-13/h3-8,13H,1-2,9-12H2. The number of aromatic nitrogens is 2. The predicted molar refractivity (Wildman–Crippen MR) is 101 cm³/mol. The zero-order valence-corrected chi connectivity index (χ0v) is 16.3. The average Bonchev–Trinajstić information content (AvgIpc) is 3.25. The van der Waals surface area contributed by atoms with E-state index in [1.54, 1.807) is 12.1 Å². The molecule has 0 N–H and O–H groups in total. The van der Waals surface area contributed by atoms with Crippen molar-refractivity contribution in [3.8, 4) is 11.7 Å². The van der Waals surface area contributed by atoms with Crippen LogP contribution in [0, 0.1) is 5.82 Å². The van der Waals surface area contributed by atoms with Crippen LogP contribution >= 0.6 is 0 Å². The Morgan fingerprint density at radius 2 is 1.66 bits per heavy atom. The Labute approximate surface area is 167 Å². The third-order valence-electron chi connectivity index (χ3n) is 5.18. The molecule has 1 saturated heterocycles. The van der Waals surface area contributed by atoms with Crippen molar-refractivity contribution in [3.05, 3.63) is 48.1 Å². The summed E-state index contributed by atoms with van der Waals surface area (Å²) in [6, 6.07) is 9.13. The Hall–Kier alpha value is -2.72. The number of nitrogens with zero attached hydrogens (tertiary/aromatic N) is 4. The molecule has 3 aromatic rings. The van der Waals surface area contributed by atoms with Gasteiger partial charge in [-0.1, -0.05) is 0 Å². The highest BCUT2D eigenvalue weighted by Crippen LogP contribution is 2.40. The minimum absolute atomic E-state index is 0.145. The summed E-state index contributed by atoms with van der Waals surface area (Å²) < 4.78 is 51.5. The molecule has 3 heterocycles. The van der Waals surface area contributed by atoms with Crippen LogP contribution in [-0.2, 0) is 10.0 Å². The number of hydrogen-bond acceptors (Lipinski definition) is 7. The summed E-state index contributed by atoms with van der Waals surface area (Å²) in [5.41, 5.74) is 0.867. The first-order chi connectivity index (χ1) is 14.0. The molecule has 10 heteroatoms. The Morgan fingerprint density at radius 1 is 0.931 bits per heavy atom. The van der Waals surface area contributed by atoms with Gasteiger partial charge in [0.25, 0.3) is 15.9 Å². The molecule has 0 radical (unpaired) electrons. The van der Waals surface area contributed by atoms with Crippen LogP contribution in [0.1, 0.15) is 24.7 Å². The second-order valence-electron chi connectivity index (χ2n) is 7.21. The number of anilines is 1. The molecule has 1 aliphatic carbocycles. The van der Waals surface area contributed by atoms with Gasteiger partial charge in [0.1, 0.15) is 5.82 Å². The van der Waals surface area contributed by atoms with Crippen LogP contribution < -0.4 is 4.90 Å². The number of halogens is 1. The lowest BCUT2D eigenvalue weighted by atomic mass is 10.2. The lowest BCUT2D eigenvalue weighted by Crippen LogP contribution is -2.48. The third kappa shape index (κ3) is 3.53. The zero-order valence-electron chi connectivity index (χ0n) is 15.5. The van der Waals surface area contributed by atoms with Gasteiger partial charge in [0.15, 0.2) is 5.76 Å². The van der Waals surface area contributed by atoms with Gasteiger partial charge in [-0.05, 0) is 49.2 Å². The summed E-state index contributed by atoms with van der Waals surface area (Å²) in [5.74, 6) is 1.01. The minimum Gasteiger partial charge on any atom is -0.438 e. The maximum atomic E-state index is 13.1. The third-order valence-corrected chi connectivity index (χ3v) is 6.96. The molecule has 0 bridgehead atoms. The van der Waals surface area contributed by atoms with E-state index in [9.17, 15) is 12.8 Å². The molecule has 0 amide bonds. The maximum Gasteiger partial charge on any atom is 0.283 e. The highest BCUT2D eigenvalue weighted by Gasteiger charge is 2.33. The first-order valence-electron chi connectivity index (χ1n) is 9.45. The van der Waals surface area contributed by atoms with E-state index in [0.717, 1.165) is 18.5 Å². The van der Waals surface area contributed by atoms with Crippen molar-refractivity contribution in [2.45, 2.75) is 23.9 Å². The normalized spacial score (nSPS) is 18.3. The molecule has 0 unspecified atom stereocenters. The van der Waals surface area contributed by atoms with Crippen molar-refractivity contribution in [3.63, 3.8) is 0 Å². The molecule has 5 rings (SSSR count). The van der Waals surface area contributed by atoms with Gasteiger partial charge in [0.2, 0.25) is 11.0 Å². The zero-order chi connectivity index (χ0) is 20.0. The molecular weight excluding hydrogens is 399 g/mol. The Kier molecular flexibility index (Phi) is 4.39. The number of sulfonamides is 1. The fourth-order valence-corrected chi connectivity index (χ4v) is 4.70. The number of piperazine rings is 1. The van der Waals surface area contributed by atoms with Crippen LogP contribution in [0.15, 0.2) is 50.3 Å². The summed E-state index contributed by atoms with van der Waals surface area (Å²) in [5, 5.41) is 7.80. The Morgan fingerprint density at radius 3 is 2.34 bits per heavy atom. The van der Waals surface area contributed by atoms with E-state index in [1.807, 2.05) is 4.90 Å². The van der Waals surface area contributed by atoms with E-state index >= 15 is 0 Å².